The van der Waals surface area contributed by atoms with Crippen LogP contribution in [0, 0.1) is 5.92 Å². The summed E-state index contributed by atoms with van der Waals surface area (Å²) in [5.74, 6) is 0.230. The van der Waals surface area contributed by atoms with Crippen molar-refractivity contribution < 1.29 is 14.0 Å². The van der Waals surface area contributed by atoms with E-state index in [0.29, 0.717) is 22.7 Å². The molecule has 0 radical (unpaired) electrons. The number of benzene rings is 1. The van der Waals surface area contributed by atoms with Crippen LogP contribution in [0.3, 0.4) is 0 Å². The molecule has 0 saturated carbocycles. The van der Waals surface area contributed by atoms with Gasteiger partial charge in [0.25, 0.3) is 5.91 Å². The minimum absolute atomic E-state index is 0.0220. The van der Waals surface area contributed by atoms with E-state index in [9.17, 15) is 9.59 Å². The van der Waals surface area contributed by atoms with Gasteiger partial charge in [-0.25, -0.2) is 14.7 Å². The molecule has 1 fully saturated rings. The number of hydrogen-bond donors (Lipinski definition) is 1. The van der Waals surface area contributed by atoms with Crippen molar-refractivity contribution in [3.05, 3.63) is 42.7 Å². The number of nitrogens with one attached hydrogen (secondary N) is 1. The van der Waals surface area contributed by atoms with Gasteiger partial charge < -0.3 is 9.73 Å². The lowest BCUT2D eigenvalue weighted by Gasteiger charge is -2.14. The predicted molar refractivity (Wildman–Crippen MR) is 91.9 cm³/mol. The number of fused-ring (bicyclic) bond motifs is 1. The molecule has 4 rings (SSSR count). The lowest BCUT2D eigenvalue weighted by Crippen LogP contribution is -2.34. The summed E-state index contributed by atoms with van der Waals surface area (Å²) in [7, 11) is 0. The minimum atomic E-state index is -0.509. The molecule has 1 aliphatic rings. The van der Waals surface area contributed by atoms with Gasteiger partial charge >= 0.3 is 6.03 Å². The Balaban J connectivity index is 1.72. The summed E-state index contributed by atoms with van der Waals surface area (Å²) in [6, 6.07) is 7.77. The van der Waals surface area contributed by atoms with E-state index < -0.39 is 12.1 Å². The summed E-state index contributed by atoms with van der Waals surface area (Å²) in [6.45, 7) is 3.79. The highest BCUT2D eigenvalue weighted by Crippen LogP contribution is 2.29. The average Bonchev–Trinajstić information content (AvgIpc) is 3.16. The summed E-state index contributed by atoms with van der Waals surface area (Å²) in [4.78, 5) is 34.3. The molecule has 1 saturated heterocycles. The third-order valence-electron chi connectivity index (χ3n) is 4.19. The van der Waals surface area contributed by atoms with E-state index in [-0.39, 0.29) is 11.8 Å². The van der Waals surface area contributed by atoms with Crippen molar-refractivity contribution in [2.75, 3.05) is 4.90 Å². The minimum Gasteiger partial charge on any atom is -0.436 e. The number of rotatable bonds is 3. The van der Waals surface area contributed by atoms with Crippen LogP contribution in [0.15, 0.2) is 47.1 Å². The normalized spacial score (nSPS) is 17.6. The second kappa shape index (κ2) is 5.70. The Bertz CT molecular complexity index is 965. The maximum absolute atomic E-state index is 12.5. The van der Waals surface area contributed by atoms with Gasteiger partial charge in [-0.05, 0) is 30.2 Å². The summed E-state index contributed by atoms with van der Waals surface area (Å²) in [5.41, 5.74) is 2.44. The second-order valence-electron chi connectivity index (χ2n) is 6.25. The van der Waals surface area contributed by atoms with Gasteiger partial charge in [-0.1, -0.05) is 13.8 Å². The quantitative estimate of drug-likeness (QED) is 0.743. The van der Waals surface area contributed by atoms with Crippen molar-refractivity contribution in [1.82, 2.24) is 15.3 Å². The number of hydrogen-bond acceptors (Lipinski definition) is 5. The largest absolute Gasteiger partial charge is 0.436 e. The lowest BCUT2D eigenvalue weighted by atomic mass is 10.0. The molecule has 126 valence electrons. The van der Waals surface area contributed by atoms with Gasteiger partial charge in [0.05, 0.1) is 5.69 Å². The first-order chi connectivity index (χ1) is 12.0. The molecule has 1 atom stereocenters. The average molecular weight is 336 g/mol. The van der Waals surface area contributed by atoms with Crippen LogP contribution >= 0.6 is 0 Å². The third kappa shape index (κ3) is 2.53. The highest BCUT2D eigenvalue weighted by Gasteiger charge is 2.40. The molecule has 1 N–H and O–H groups in total. The Morgan fingerprint density at radius 1 is 1.16 bits per heavy atom. The van der Waals surface area contributed by atoms with Gasteiger partial charge in [-0.15, -0.1) is 0 Å². The summed E-state index contributed by atoms with van der Waals surface area (Å²) >= 11 is 0. The molecule has 3 amide bonds. The van der Waals surface area contributed by atoms with E-state index in [4.69, 9.17) is 4.42 Å². The van der Waals surface area contributed by atoms with Crippen LogP contribution in [0.2, 0.25) is 0 Å². The van der Waals surface area contributed by atoms with Crippen molar-refractivity contribution in [3.63, 3.8) is 0 Å². The van der Waals surface area contributed by atoms with Crippen molar-refractivity contribution in [1.29, 1.82) is 0 Å². The van der Waals surface area contributed by atoms with E-state index in [1.54, 1.807) is 42.7 Å². The van der Waals surface area contributed by atoms with Crippen LogP contribution in [-0.4, -0.2) is 27.9 Å². The monoisotopic (exact) mass is 336 g/mol. The molecule has 1 aromatic carbocycles. The van der Waals surface area contributed by atoms with Gasteiger partial charge in [0, 0.05) is 24.0 Å². The standard InChI is InChI=1S/C18H16N4O3/c1-10(2)15-17(23)22(18(24)21-15)12-3-4-13-14(9-12)25-16(20-13)11-5-7-19-8-6-11/h3-10,15H,1-2H3,(H,21,24)/t15-/m1/s1. The Kier molecular flexibility index (Phi) is 3.49. The summed E-state index contributed by atoms with van der Waals surface area (Å²) in [5, 5.41) is 2.72. The topological polar surface area (TPSA) is 88.3 Å². The zero-order chi connectivity index (χ0) is 17.6. The highest BCUT2D eigenvalue weighted by atomic mass is 16.3. The third-order valence-corrected chi connectivity index (χ3v) is 4.19. The van der Waals surface area contributed by atoms with Gasteiger partial charge in [0.2, 0.25) is 5.89 Å². The number of imide groups is 1. The predicted octanol–water partition coefficient (Wildman–Crippen LogP) is 2.97. The molecule has 25 heavy (non-hydrogen) atoms. The smallest absolute Gasteiger partial charge is 0.329 e. The Labute approximate surface area is 143 Å². The Morgan fingerprint density at radius 3 is 2.60 bits per heavy atom. The molecule has 1 aliphatic heterocycles. The number of nitrogens with zero attached hydrogens (tertiary/aromatic N) is 3. The molecule has 0 unspecified atom stereocenters. The number of amides is 3. The van der Waals surface area contributed by atoms with E-state index in [2.05, 4.69) is 15.3 Å². The molecule has 7 heteroatoms. The fourth-order valence-corrected chi connectivity index (χ4v) is 2.87. The van der Waals surface area contributed by atoms with E-state index in [1.807, 2.05) is 13.8 Å². The first-order valence-corrected chi connectivity index (χ1v) is 8.00. The van der Waals surface area contributed by atoms with Crippen LogP contribution in [0.5, 0.6) is 0 Å². The molecule has 2 aromatic heterocycles. The molecule has 3 heterocycles. The Morgan fingerprint density at radius 2 is 1.92 bits per heavy atom. The number of anilines is 1. The molecule has 0 spiro atoms. The second-order valence-corrected chi connectivity index (χ2v) is 6.25. The highest BCUT2D eigenvalue weighted by molar-refractivity contribution is 6.21. The van der Waals surface area contributed by atoms with Crippen LogP contribution < -0.4 is 10.2 Å². The molecular weight excluding hydrogens is 320 g/mol. The lowest BCUT2D eigenvalue weighted by molar-refractivity contribution is -0.119. The zero-order valence-corrected chi connectivity index (χ0v) is 13.8. The number of pyridine rings is 1. The van der Waals surface area contributed by atoms with Crippen LogP contribution in [-0.2, 0) is 4.79 Å². The Hall–Kier alpha value is -3.22. The number of oxazole rings is 1. The number of carbonyl (C=O) groups excluding carboxylic acids is 2. The van der Waals surface area contributed by atoms with Gasteiger partial charge in [-0.3, -0.25) is 9.78 Å². The summed E-state index contributed by atoms with van der Waals surface area (Å²) in [6.07, 6.45) is 3.32. The molecule has 7 nitrogen and oxygen atoms in total. The van der Waals surface area contributed by atoms with Crippen molar-refractivity contribution in [2.45, 2.75) is 19.9 Å². The fourth-order valence-electron chi connectivity index (χ4n) is 2.87. The van der Waals surface area contributed by atoms with E-state index >= 15 is 0 Å². The fraction of sp³-hybridized carbons (Fsp3) is 0.222. The van der Waals surface area contributed by atoms with Crippen LogP contribution in [0.1, 0.15) is 13.8 Å². The summed E-state index contributed by atoms with van der Waals surface area (Å²) < 4.78 is 5.79. The molecule has 0 aliphatic carbocycles. The number of urea groups is 1. The van der Waals surface area contributed by atoms with Crippen LogP contribution in [0.25, 0.3) is 22.6 Å². The zero-order valence-electron chi connectivity index (χ0n) is 13.8. The van der Waals surface area contributed by atoms with E-state index in [1.165, 1.54) is 0 Å². The molecule has 3 aromatic rings. The van der Waals surface area contributed by atoms with Gasteiger partial charge in [-0.2, -0.15) is 0 Å². The van der Waals surface area contributed by atoms with Crippen molar-refractivity contribution in [2.24, 2.45) is 5.92 Å². The molecule has 0 bridgehead atoms. The number of aromatic nitrogens is 2. The molecular formula is C18H16N4O3. The maximum atomic E-state index is 12.5. The number of carbonyl (C=O) groups is 2. The van der Waals surface area contributed by atoms with Crippen LogP contribution in [0.4, 0.5) is 10.5 Å². The van der Waals surface area contributed by atoms with E-state index in [0.717, 1.165) is 10.5 Å². The maximum Gasteiger partial charge on any atom is 0.329 e. The SMILES string of the molecule is CC(C)[C@H]1NC(=O)N(c2ccc3nc(-c4ccncc4)oc3c2)C1=O. The van der Waals surface area contributed by atoms with Gasteiger partial charge in [0.15, 0.2) is 5.58 Å². The van der Waals surface area contributed by atoms with Crippen molar-refractivity contribution >= 4 is 28.7 Å². The van der Waals surface area contributed by atoms with Gasteiger partial charge in [0.1, 0.15) is 11.6 Å². The van der Waals surface area contributed by atoms with Crippen molar-refractivity contribution in [3.8, 4) is 11.5 Å². The first-order valence-electron chi connectivity index (χ1n) is 8.00. The first kappa shape index (κ1) is 15.3.